The Morgan fingerprint density at radius 3 is 2.54 bits per heavy atom. The minimum absolute atomic E-state index is 0.0918. The van der Waals surface area contributed by atoms with Crippen LogP contribution >= 0.6 is 0 Å². The van der Waals surface area contributed by atoms with Crippen LogP contribution < -0.4 is 5.32 Å². The zero-order valence-corrected chi connectivity index (χ0v) is 20.9. The number of amides is 1. The van der Waals surface area contributed by atoms with Crippen molar-refractivity contribution in [1.29, 1.82) is 5.41 Å². The molecule has 5 rings (SSSR count). The van der Waals surface area contributed by atoms with Crippen LogP contribution in [0.3, 0.4) is 0 Å². The van der Waals surface area contributed by atoms with Gasteiger partial charge in [0.25, 0.3) is 5.91 Å². The Morgan fingerprint density at radius 2 is 1.89 bits per heavy atom. The van der Waals surface area contributed by atoms with E-state index in [9.17, 15) is 4.79 Å². The van der Waals surface area contributed by atoms with Crippen LogP contribution in [-0.4, -0.2) is 11.6 Å². The third-order valence-electron chi connectivity index (χ3n) is 8.15. The monoisotopic (exact) mass is 464 g/mol. The van der Waals surface area contributed by atoms with Crippen molar-refractivity contribution in [2.75, 3.05) is 0 Å². The maximum atomic E-state index is 13.1. The number of rotatable bonds is 9. The second-order valence-corrected chi connectivity index (χ2v) is 10.7. The van der Waals surface area contributed by atoms with Gasteiger partial charge in [0.15, 0.2) is 0 Å². The van der Waals surface area contributed by atoms with Crippen LogP contribution in [0.2, 0.25) is 0 Å². The number of allylic oxidation sites excluding steroid dienone is 2. The Labute approximate surface area is 209 Å². The van der Waals surface area contributed by atoms with Gasteiger partial charge in [-0.15, -0.1) is 0 Å². The molecule has 0 aliphatic heterocycles. The highest BCUT2D eigenvalue weighted by molar-refractivity contribution is 6.37. The molecular weight excluding hydrogens is 428 g/mol. The van der Waals surface area contributed by atoms with Gasteiger partial charge >= 0.3 is 0 Å². The van der Waals surface area contributed by atoms with Crippen LogP contribution in [0.25, 0.3) is 12.2 Å². The van der Waals surface area contributed by atoms with Crippen molar-refractivity contribution in [3.8, 4) is 0 Å². The van der Waals surface area contributed by atoms with E-state index < -0.39 is 0 Å². The summed E-state index contributed by atoms with van der Waals surface area (Å²) >= 11 is 0. The summed E-state index contributed by atoms with van der Waals surface area (Å²) in [6.07, 6.45) is 11.1. The smallest absolute Gasteiger partial charge is 0.265 e. The van der Waals surface area contributed by atoms with E-state index in [1.54, 1.807) is 0 Å². The van der Waals surface area contributed by atoms with Crippen molar-refractivity contribution < 1.29 is 4.79 Å². The van der Waals surface area contributed by atoms with E-state index >= 15 is 0 Å². The lowest BCUT2D eigenvalue weighted by Gasteiger charge is -2.20. The lowest BCUT2D eigenvalue weighted by Crippen LogP contribution is -2.33. The van der Waals surface area contributed by atoms with E-state index in [-0.39, 0.29) is 17.7 Å². The van der Waals surface area contributed by atoms with Crippen molar-refractivity contribution in [2.24, 2.45) is 11.8 Å². The fraction of sp³-hybridized carbons (Fsp3) is 0.375. The van der Waals surface area contributed by atoms with E-state index in [0.717, 1.165) is 18.4 Å². The van der Waals surface area contributed by atoms with Crippen molar-refractivity contribution in [3.63, 3.8) is 0 Å². The number of hydrogen-bond donors (Lipinski definition) is 2. The van der Waals surface area contributed by atoms with Gasteiger partial charge in [-0.3, -0.25) is 10.2 Å². The largest absolute Gasteiger partial charge is 0.344 e. The van der Waals surface area contributed by atoms with Crippen LogP contribution in [0.1, 0.15) is 90.3 Å². The quantitative estimate of drug-likeness (QED) is 0.293. The molecule has 2 aromatic carbocycles. The van der Waals surface area contributed by atoms with Crippen LogP contribution in [0.5, 0.6) is 0 Å². The molecule has 0 heterocycles. The third kappa shape index (κ3) is 4.69. The minimum Gasteiger partial charge on any atom is -0.344 e. The molecule has 2 fully saturated rings. The highest BCUT2D eigenvalue weighted by atomic mass is 16.1. The van der Waals surface area contributed by atoms with E-state index in [4.69, 9.17) is 5.41 Å². The van der Waals surface area contributed by atoms with Gasteiger partial charge in [0, 0.05) is 0 Å². The second kappa shape index (κ2) is 9.45. The summed E-state index contributed by atoms with van der Waals surface area (Å²) in [5.41, 5.74) is 8.83. The van der Waals surface area contributed by atoms with Gasteiger partial charge in [-0.05, 0) is 102 Å². The molecule has 2 saturated carbocycles. The second-order valence-electron chi connectivity index (χ2n) is 10.7. The highest BCUT2D eigenvalue weighted by Gasteiger charge is 2.40. The number of nitrogens with one attached hydrogen (secondary N) is 2. The number of aryl methyl sites for hydroxylation is 1. The van der Waals surface area contributed by atoms with Crippen molar-refractivity contribution in [2.45, 2.75) is 63.8 Å². The maximum absolute atomic E-state index is 13.1. The van der Waals surface area contributed by atoms with E-state index in [2.05, 4.69) is 68.7 Å². The Kier molecular flexibility index (Phi) is 6.35. The van der Waals surface area contributed by atoms with Gasteiger partial charge in [0.2, 0.25) is 0 Å². The average Bonchev–Trinajstić information content (AvgIpc) is 3.78. The number of carbonyl (C=O) groups is 1. The molecule has 0 bridgehead atoms. The van der Waals surface area contributed by atoms with Crippen LogP contribution in [0.4, 0.5) is 0 Å². The fourth-order valence-corrected chi connectivity index (χ4v) is 5.95. The first-order valence-corrected chi connectivity index (χ1v) is 13.0. The third-order valence-corrected chi connectivity index (χ3v) is 8.15. The molecule has 2 N–H and O–H groups in total. The summed E-state index contributed by atoms with van der Waals surface area (Å²) in [6.45, 7) is 12.6. The summed E-state index contributed by atoms with van der Waals surface area (Å²) in [7, 11) is 0. The van der Waals surface area contributed by atoms with Crippen molar-refractivity contribution in [1.82, 2.24) is 5.32 Å². The standard InChI is InChI=1S/C32H36N2O/c1-5-21(22-12-13-22)16-26-19(3)14-27-20(4)15-30(31(27)25(26)6-2)34-32(35)29(33)18-24-17-28(24)23-10-8-7-9-11-23/h5-11,14,16,20,22,24,28,30,33H,1-2,12-13,15,17-18H2,3-4H3,(H,34,35)/b21-16+,33-29?/t20-,24?,28?,30?/m0/s1. The summed E-state index contributed by atoms with van der Waals surface area (Å²) in [5, 5.41) is 11.7. The molecule has 0 spiro atoms. The van der Waals surface area contributed by atoms with E-state index in [0.29, 0.717) is 30.1 Å². The molecule has 1 amide bonds. The van der Waals surface area contributed by atoms with Gasteiger partial charge in [-0.1, -0.05) is 74.7 Å². The van der Waals surface area contributed by atoms with Gasteiger partial charge < -0.3 is 5.32 Å². The molecule has 35 heavy (non-hydrogen) atoms. The van der Waals surface area contributed by atoms with E-state index in [1.165, 1.54) is 46.2 Å². The molecule has 3 unspecified atom stereocenters. The normalized spacial score (nSPS) is 25.0. The topological polar surface area (TPSA) is 53.0 Å². The molecule has 4 atom stereocenters. The molecule has 0 radical (unpaired) electrons. The zero-order valence-electron chi connectivity index (χ0n) is 20.9. The summed E-state index contributed by atoms with van der Waals surface area (Å²) in [4.78, 5) is 13.1. The highest BCUT2D eigenvalue weighted by Crippen LogP contribution is 2.50. The Balaban J connectivity index is 1.35. The lowest BCUT2D eigenvalue weighted by atomic mass is 9.89. The van der Waals surface area contributed by atoms with Gasteiger partial charge in [-0.2, -0.15) is 0 Å². The Hall–Kier alpha value is -3.20. The van der Waals surface area contributed by atoms with Crippen molar-refractivity contribution in [3.05, 3.63) is 94.6 Å². The Morgan fingerprint density at radius 1 is 1.14 bits per heavy atom. The van der Waals surface area contributed by atoms with Gasteiger partial charge in [0.1, 0.15) is 0 Å². The molecule has 3 aliphatic rings. The van der Waals surface area contributed by atoms with Crippen LogP contribution in [-0.2, 0) is 4.79 Å². The summed E-state index contributed by atoms with van der Waals surface area (Å²) in [6, 6.07) is 12.7. The number of hydrogen-bond acceptors (Lipinski definition) is 2. The molecule has 3 nitrogen and oxygen atoms in total. The first kappa shape index (κ1) is 23.5. The zero-order chi connectivity index (χ0) is 24.7. The summed E-state index contributed by atoms with van der Waals surface area (Å²) in [5.74, 6) is 1.62. The first-order valence-electron chi connectivity index (χ1n) is 13.0. The van der Waals surface area contributed by atoms with Crippen LogP contribution in [0.15, 0.2) is 61.2 Å². The van der Waals surface area contributed by atoms with Gasteiger partial charge in [0.05, 0.1) is 11.8 Å². The summed E-state index contributed by atoms with van der Waals surface area (Å²) < 4.78 is 0. The fourth-order valence-electron chi connectivity index (χ4n) is 5.95. The Bertz CT molecular complexity index is 1220. The maximum Gasteiger partial charge on any atom is 0.265 e. The molecular formula is C32H36N2O. The molecule has 0 aromatic heterocycles. The van der Waals surface area contributed by atoms with Gasteiger partial charge in [-0.25, -0.2) is 0 Å². The first-order chi connectivity index (χ1) is 16.9. The average molecular weight is 465 g/mol. The predicted molar refractivity (Wildman–Crippen MR) is 146 cm³/mol. The lowest BCUT2D eigenvalue weighted by molar-refractivity contribution is -0.115. The number of fused-ring (bicyclic) bond motifs is 1. The predicted octanol–water partition coefficient (Wildman–Crippen LogP) is 7.50. The van der Waals surface area contributed by atoms with Crippen molar-refractivity contribution >= 4 is 23.8 Å². The molecule has 2 aromatic rings. The van der Waals surface area contributed by atoms with E-state index in [1.807, 2.05) is 18.2 Å². The molecule has 180 valence electrons. The number of carbonyl (C=O) groups excluding carboxylic acids is 1. The SMILES string of the molecule is C=C/C(=C\c1c(C)cc2c(c1C=C)C(NC(=O)C(=N)CC1CC1c1ccccc1)C[C@@H]2C)C1CC1. The van der Waals surface area contributed by atoms with Crippen LogP contribution in [0, 0.1) is 24.2 Å². The minimum atomic E-state index is -0.230. The molecule has 3 heteroatoms. The molecule has 3 aliphatic carbocycles. The number of benzene rings is 2. The molecule has 0 saturated heterocycles.